The van der Waals surface area contributed by atoms with Crippen LogP contribution in [0, 0.1) is 6.92 Å². The minimum Gasteiger partial charge on any atom is -0.360 e. The number of hydrogen-bond acceptors (Lipinski definition) is 8. The van der Waals surface area contributed by atoms with E-state index in [1.165, 1.54) is 23.1 Å². The second kappa shape index (κ2) is 7.99. The molecule has 0 aliphatic heterocycles. The third-order valence-electron chi connectivity index (χ3n) is 2.44. The third kappa shape index (κ3) is 5.35. The van der Waals surface area contributed by atoms with Crippen molar-refractivity contribution in [3.63, 3.8) is 0 Å². The number of nitrogens with one attached hydrogen (secondary N) is 2. The van der Waals surface area contributed by atoms with E-state index in [1.54, 1.807) is 13.0 Å². The SMILES string of the molecule is CCCCNc1nnc(SCC(=O)Nc2cc(C)on2)s1. The summed E-state index contributed by atoms with van der Waals surface area (Å²) in [6.45, 7) is 4.80. The number of nitrogens with zero attached hydrogens (tertiary/aromatic N) is 3. The third-order valence-corrected chi connectivity index (χ3v) is 4.45. The van der Waals surface area contributed by atoms with Gasteiger partial charge in [0.15, 0.2) is 10.2 Å². The standard InChI is InChI=1S/C12H17N5O2S2/c1-3-4-5-13-11-15-16-12(21-11)20-7-10(18)14-9-6-8(2)19-17-9/h6H,3-5,7H2,1-2H3,(H,13,15)(H,14,17,18). The fourth-order valence-corrected chi connectivity index (χ4v) is 3.02. The molecule has 0 radical (unpaired) electrons. The zero-order chi connectivity index (χ0) is 15.1. The van der Waals surface area contributed by atoms with E-state index in [1.807, 2.05) is 0 Å². The number of amides is 1. The molecule has 0 bridgehead atoms. The summed E-state index contributed by atoms with van der Waals surface area (Å²) >= 11 is 2.80. The molecule has 2 aromatic heterocycles. The number of aromatic nitrogens is 3. The van der Waals surface area contributed by atoms with Gasteiger partial charge in [0.1, 0.15) is 5.76 Å². The number of unbranched alkanes of at least 4 members (excludes halogenated alkanes) is 1. The summed E-state index contributed by atoms with van der Waals surface area (Å²) in [6.07, 6.45) is 2.23. The molecule has 2 N–H and O–H groups in total. The highest BCUT2D eigenvalue weighted by molar-refractivity contribution is 8.01. The molecule has 7 nitrogen and oxygen atoms in total. The van der Waals surface area contributed by atoms with Crippen LogP contribution in [0.3, 0.4) is 0 Å². The highest BCUT2D eigenvalue weighted by Crippen LogP contribution is 2.25. The number of aryl methyl sites for hydroxylation is 1. The van der Waals surface area contributed by atoms with Gasteiger partial charge in [-0.15, -0.1) is 10.2 Å². The van der Waals surface area contributed by atoms with Crippen molar-refractivity contribution in [2.45, 2.75) is 31.0 Å². The van der Waals surface area contributed by atoms with Crippen molar-refractivity contribution in [2.24, 2.45) is 0 Å². The fourth-order valence-electron chi connectivity index (χ4n) is 1.44. The van der Waals surface area contributed by atoms with Crippen LogP contribution in [0.5, 0.6) is 0 Å². The van der Waals surface area contributed by atoms with Gasteiger partial charge in [-0.1, -0.05) is 41.6 Å². The lowest BCUT2D eigenvalue weighted by Crippen LogP contribution is -2.14. The lowest BCUT2D eigenvalue weighted by molar-refractivity contribution is -0.113. The van der Waals surface area contributed by atoms with E-state index in [9.17, 15) is 4.79 Å². The van der Waals surface area contributed by atoms with Gasteiger partial charge in [0.05, 0.1) is 5.75 Å². The number of hydrogen-bond donors (Lipinski definition) is 2. The maximum Gasteiger partial charge on any atom is 0.236 e. The molecular formula is C12H17N5O2S2. The Morgan fingerprint density at radius 1 is 1.48 bits per heavy atom. The largest absolute Gasteiger partial charge is 0.360 e. The van der Waals surface area contributed by atoms with Gasteiger partial charge in [0.25, 0.3) is 0 Å². The van der Waals surface area contributed by atoms with Crippen LogP contribution < -0.4 is 10.6 Å². The highest BCUT2D eigenvalue weighted by atomic mass is 32.2. The first-order valence-electron chi connectivity index (χ1n) is 6.60. The van der Waals surface area contributed by atoms with Crippen LogP contribution in [0.2, 0.25) is 0 Å². The molecule has 0 aromatic carbocycles. The van der Waals surface area contributed by atoms with Gasteiger partial charge in [-0.05, 0) is 13.3 Å². The quantitative estimate of drug-likeness (QED) is 0.569. The Labute approximate surface area is 130 Å². The van der Waals surface area contributed by atoms with E-state index < -0.39 is 0 Å². The highest BCUT2D eigenvalue weighted by Gasteiger charge is 2.10. The molecule has 0 spiro atoms. The van der Waals surface area contributed by atoms with Gasteiger partial charge in [-0.3, -0.25) is 4.79 Å². The molecule has 0 fully saturated rings. The second-order valence-electron chi connectivity index (χ2n) is 4.31. The molecule has 21 heavy (non-hydrogen) atoms. The molecule has 9 heteroatoms. The van der Waals surface area contributed by atoms with Gasteiger partial charge >= 0.3 is 0 Å². The number of thioether (sulfide) groups is 1. The smallest absolute Gasteiger partial charge is 0.236 e. The number of carbonyl (C=O) groups is 1. The molecule has 114 valence electrons. The van der Waals surface area contributed by atoms with E-state index in [-0.39, 0.29) is 11.7 Å². The van der Waals surface area contributed by atoms with Crippen LogP contribution in [0.1, 0.15) is 25.5 Å². The van der Waals surface area contributed by atoms with Crippen molar-refractivity contribution in [3.05, 3.63) is 11.8 Å². The maximum atomic E-state index is 11.7. The number of carbonyl (C=O) groups excluding carboxylic acids is 1. The fraction of sp³-hybridized carbons (Fsp3) is 0.500. The average molecular weight is 327 g/mol. The summed E-state index contributed by atoms with van der Waals surface area (Å²) in [4.78, 5) is 11.7. The zero-order valence-electron chi connectivity index (χ0n) is 11.9. The number of anilines is 2. The normalized spacial score (nSPS) is 10.6. The average Bonchev–Trinajstić information content (AvgIpc) is 3.06. The Kier molecular flexibility index (Phi) is 6.00. The monoisotopic (exact) mass is 327 g/mol. The van der Waals surface area contributed by atoms with Crippen molar-refractivity contribution >= 4 is 40.0 Å². The maximum absolute atomic E-state index is 11.7. The Bertz CT molecular complexity index is 584. The van der Waals surface area contributed by atoms with Crippen molar-refractivity contribution in [1.29, 1.82) is 0 Å². The Morgan fingerprint density at radius 2 is 2.33 bits per heavy atom. The topological polar surface area (TPSA) is 92.9 Å². The first-order chi connectivity index (χ1) is 10.2. The van der Waals surface area contributed by atoms with Crippen LogP contribution in [-0.2, 0) is 4.79 Å². The lowest BCUT2D eigenvalue weighted by atomic mass is 10.3. The summed E-state index contributed by atoms with van der Waals surface area (Å²) in [5.41, 5.74) is 0. The van der Waals surface area contributed by atoms with E-state index in [4.69, 9.17) is 4.52 Å². The van der Waals surface area contributed by atoms with Crippen LogP contribution >= 0.6 is 23.1 Å². The summed E-state index contributed by atoms with van der Waals surface area (Å²) in [7, 11) is 0. The molecule has 0 saturated heterocycles. The van der Waals surface area contributed by atoms with Crippen LogP contribution in [0.4, 0.5) is 10.9 Å². The predicted octanol–water partition coefficient (Wildman–Crippen LogP) is 2.78. The first-order valence-corrected chi connectivity index (χ1v) is 8.41. The van der Waals surface area contributed by atoms with Crippen LogP contribution in [0.15, 0.2) is 14.9 Å². The van der Waals surface area contributed by atoms with E-state index in [0.29, 0.717) is 11.6 Å². The molecule has 0 unspecified atom stereocenters. The lowest BCUT2D eigenvalue weighted by Gasteiger charge is -1.99. The Hall–Kier alpha value is -1.61. The van der Waals surface area contributed by atoms with Crippen LogP contribution in [0.25, 0.3) is 0 Å². The molecule has 0 atom stereocenters. The van der Waals surface area contributed by atoms with Crippen molar-refractivity contribution in [1.82, 2.24) is 15.4 Å². The minimum absolute atomic E-state index is 0.149. The molecule has 2 rings (SSSR count). The predicted molar refractivity (Wildman–Crippen MR) is 83.9 cm³/mol. The molecule has 0 saturated carbocycles. The molecule has 1 amide bonds. The first kappa shape index (κ1) is 15.8. The van der Waals surface area contributed by atoms with Crippen molar-refractivity contribution in [3.8, 4) is 0 Å². The molecule has 2 heterocycles. The van der Waals surface area contributed by atoms with Gasteiger partial charge in [0.2, 0.25) is 11.0 Å². The van der Waals surface area contributed by atoms with Crippen LogP contribution in [-0.4, -0.2) is 33.6 Å². The van der Waals surface area contributed by atoms with E-state index >= 15 is 0 Å². The Balaban J connectivity index is 1.73. The number of rotatable bonds is 8. The van der Waals surface area contributed by atoms with Crippen molar-refractivity contribution < 1.29 is 9.32 Å². The second-order valence-corrected chi connectivity index (χ2v) is 6.51. The van der Waals surface area contributed by atoms with Gasteiger partial charge < -0.3 is 15.2 Å². The summed E-state index contributed by atoms with van der Waals surface area (Å²) in [5, 5.41) is 18.4. The van der Waals surface area contributed by atoms with E-state index in [0.717, 1.165) is 28.9 Å². The van der Waals surface area contributed by atoms with Gasteiger partial charge in [0, 0.05) is 12.6 Å². The molecular weight excluding hydrogens is 310 g/mol. The zero-order valence-corrected chi connectivity index (χ0v) is 13.5. The minimum atomic E-state index is -0.149. The Morgan fingerprint density at radius 3 is 3.05 bits per heavy atom. The van der Waals surface area contributed by atoms with Gasteiger partial charge in [-0.25, -0.2) is 0 Å². The molecule has 2 aromatic rings. The van der Waals surface area contributed by atoms with Crippen molar-refractivity contribution in [2.75, 3.05) is 22.9 Å². The molecule has 0 aliphatic carbocycles. The van der Waals surface area contributed by atoms with E-state index in [2.05, 4.69) is 32.9 Å². The summed E-state index contributed by atoms with van der Waals surface area (Å²) in [6, 6.07) is 1.67. The summed E-state index contributed by atoms with van der Waals surface area (Å²) in [5.74, 6) is 1.20. The van der Waals surface area contributed by atoms with Gasteiger partial charge in [-0.2, -0.15) is 0 Å². The summed E-state index contributed by atoms with van der Waals surface area (Å²) < 4.78 is 5.64. The molecule has 0 aliphatic rings.